The van der Waals surface area contributed by atoms with Gasteiger partial charge >= 0.3 is 0 Å². The molecule has 29 heavy (non-hydrogen) atoms. The van der Waals surface area contributed by atoms with E-state index < -0.39 is 0 Å². The molecule has 0 bridgehead atoms. The van der Waals surface area contributed by atoms with Crippen LogP contribution in [0.25, 0.3) is 0 Å². The fraction of sp³-hybridized carbons (Fsp3) is 0.227. The highest BCUT2D eigenvalue weighted by atomic mass is 32.1. The maximum Gasteiger partial charge on any atom is 0.264 e. The highest BCUT2D eigenvalue weighted by Gasteiger charge is 2.29. The quantitative estimate of drug-likeness (QED) is 0.574. The normalized spacial score (nSPS) is 15.3. The molecule has 6 nitrogen and oxygen atoms in total. The van der Waals surface area contributed by atoms with Crippen LogP contribution in [0.4, 0.5) is 23.1 Å². The van der Waals surface area contributed by atoms with Gasteiger partial charge in [-0.2, -0.15) is 4.98 Å². The molecule has 3 aromatic rings. The average Bonchev–Trinajstić information content (AvgIpc) is 2.99. The van der Waals surface area contributed by atoms with Gasteiger partial charge in [0.05, 0.1) is 0 Å². The summed E-state index contributed by atoms with van der Waals surface area (Å²) in [4.78, 5) is 22.5. The van der Waals surface area contributed by atoms with Crippen LogP contribution >= 0.6 is 12.2 Å². The SMILES string of the molecule is Cc1ccc(NC(=S)c2c(N)nc(N3c4ccccc4C[C@@H]3C)[nH]c2=O)c(C)c1. The standard InChI is InChI=1S/C22H23N5OS/c1-12-8-9-16(13(2)10-12)24-21(29)18-19(23)25-22(26-20(18)28)27-14(3)11-15-6-4-5-7-17(15)27/h4-10,14H,11H2,1-3H3,(H,24,29)(H3,23,25,26,28)/t14-/m0/s1. The van der Waals surface area contributed by atoms with Gasteiger partial charge in [0.15, 0.2) is 0 Å². The molecule has 0 fully saturated rings. The minimum absolute atomic E-state index is 0.114. The van der Waals surface area contributed by atoms with Crippen LogP contribution in [0, 0.1) is 13.8 Å². The Hall–Kier alpha value is -3.19. The highest BCUT2D eigenvalue weighted by Crippen LogP contribution is 2.36. The summed E-state index contributed by atoms with van der Waals surface area (Å²) < 4.78 is 0. The Balaban J connectivity index is 1.68. The van der Waals surface area contributed by atoms with E-state index in [1.807, 2.05) is 55.1 Å². The lowest BCUT2D eigenvalue weighted by atomic mass is 10.1. The Morgan fingerprint density at radius 3 is 2.76 bits per heavy atom. The second-order valence-corrected chi connectivity index (χ2v) is 7.88. The van der Waals surface area contributed by atoms with Gasteiger partial charge in [0.25, 0.3) is 5.56 Å². The van der Waals surface area contributed by atoms with Gasteiger partial charge in [-0.1, -0.05) is 48.1 Å². The van der Waals surface area contributed by atoms with E-state index in [0.717, 1.165) is 28.9 Å². The molecular weight excluding hydrogens is 382 g/mol. The third kappa shape index (κ3) is 3.49. The minimum atomic E-state index is -0.355. The molecule has 7 heteroatoms. The number of rotatable bonds is 3. The maximum absolute atomic E-state index is 12.9. The first-order chi connectivity index (χ1) is 13.8. The van der Waals surface area contributed by atoms with Crippen LogP contribution in [0.2, 0.25) is 0 Å². The molecule has 0 saturated carbocycles. The number of H-pyrrole nitrogens is 1. The van der Waals surface area contributed by atoms with Gasteiger partial charge in [-0.05, 0) is 50.5 Å². The van der Waals surface area contributed by atoms with Gasteiger partial charge in [0.2, 0.25) is 5.95 Å². The number of hydrogen-bond acceptors (Lipinski definition) is 5. The minimum Gasteiger partial charge on any atom is -0.383 e. The topological polar surface area (TPSA) is 87.0 Å². The summed E-state index contributed by atoms with van der Waals surface area (Å²) >= 11 is 5.47. The number of nitrogen functional groups attached to an aromatic ring is 1. The van der Waals surface area contributed by atoms with E-state index in [0.29, 0.717) is 5.95 Å². The summed E-state index contributed by atoms with van der Waals surface area (Å²) in [5.74, 6) is 0.547. The van der Waals surface area contributed by atoms with Crippen LogP contribution < -0.4 is 21.5 Å². The monoisotopic (exact) mass is 405 g/mol. The molecular formula is C22H23N5OS. The second kappa shape index (κ2) is 7.33. The fourth-order valence-corrected chi connectivity index (χ4v) is 4.15. The Morgan fingerprint density at radius 1 is 1.28 bits per heavy atom. The zero-order chi connectivity index (χ0) is 20.7. The summed E-state index contributed by atoms with van der Waals surface area (Å²) in [6.07, 6.45) is 0.883. The van der Waals surface area contributed by atoms with Gasteiger partial charge in [-0.3, -0.25) is 9.78 Å². The summed E-state index contributed by atoms with van der Waals surface area (Å²) in [6, 6.07) is 14.2. The first-order valence-electron chi connectivity index (χ1n) is 9.50. The van der Waals surface area contributed by atoms with Gasteiger partial charge in [-0.15, -0.1) is 0 Å². The Morgan fingerprint density at radius 2 is 2.03 bits per heavy atom. The number of anilines is 4. The lowest BCUT2D eigenvalue weighted by Crippen LogP contribution is -2.31. The molecule has 1 aliphatic rings. The molecule has 0 aliphatic carbocycles. The van der Waals surface area contributed by atoms with Crippen molar-refractivity contribution in [1.82, 2.24) is 9.97 Å². The van der Waals surface area contributed by atoms with Gasteiger partial charge in [0.1, 0.15) is 16.4 Å². The van der Waals surface area contributed by atoms with Crippen LogP contribution in [-0.2, 0) is 6.42 Å². The number of thiocarbonyl (C=S) groups is 1. The lowest BCUT2D eigenvalue weighted by molar-refractivity contribution is 0.738. The number of aromatic amines is 1. The van der Waals surface area contributed by atoms with Crippen molar-refractivity contribution in [3.63, 3.8) is 0 Å². The van der Waals surface area contributed by atoms with E-state index in [-0.39, 0.29) is 28.0 Å². The first kappa shape index (κ1) is 19.1. The van der Waals surface area contributed by atoms with E-state index in [4.69, 9.17) is 18.0 Å². The Labute approximate surface area is 174 Å². The van der Waals surface area contributed by atoms with Crippen molar-refractivity contribution < 1.29 is 0 Å². The van der Waals surface area contributed by atoms with E-state index in [9.17, 15) is 4.79 Å². The van der Waals surface area contributed by atoms with Crippen molar-refractivity contribution in [2.45, 2.75) is 33.2 Å². The molecule has 4 N–H and O–H groups in total. The lowest BCUT2D eigenvalue weighted by Gasteiger charge is -2.23. The molecule has 0 unspecified atom stereocenters. The van der Waals surface area contributed by atoms with Crippen LogP contribution in [-0.4, -0.2) is 21.0 Å². The maximum atomic E-state index is 12.9. The summed E-state index contributed by atoms with van der Waals surface area (Å²) in [6.45, 7) is 6.10. The van der Waals surface area contributed by atoms with Crippen molar-refractivity contribution in [3.05, 3.63) is 75.1 Å². The Kier molecular flexibility index (Phi) is 4.84. The van der Waals surface area contributed by atoms with E-state index >= 15 is 0 Å². The molecule has 0 saturated heterocycles. The number of para-hydroxylation sites is 1. The molecule has 0 amide bonds. The predicted octanol–water partition coefficient (Wildman–Crippen LogP) is 3.84. The Bertz CT molecular complexity index is 1170. The van der Waals surface area contributed by atoms with Crippen molar-refractivity contribution >= 4 is 40.3 Å². The van der Waals surface area contributed by atoms with Gasteiger partial charge in [0, 0.05) is 17.4 Å². The molecule has 0 radical (unpaired) electrons. The average molecular weight is 406 g/mol. The zero-order valence-electron chi connectivity index (χ0n) is 16.6. The van der Waals surface area contributed by atoms with Crippen molar-refractivity contribution in [3.8, 4) is 0 Å². The zero-order valence-corrected chi connectivity index (χ0v) is 17.4. The second-order valence-electron chi connectivity index (χ2n) is 7.47. The molecule has 148 valence electrons. The van der Waals surface area contributed by atoms with Crippen LogP contribution in [0.1, 0.15) is 29.2 Å². The number of nitrogens with zero attached hydrogens (tertiary/aromatic N) is 2. The van der Waals surface area contributed by atoms with Crippen LogP contribution in [0.3, 0.4) is 0 Å². The molecule has 1 atom stereocenters. The van der Waals surface area contributed by atoms with Crippen LogP contribution in [0.15, 0.2) is 47.3 Å². The first-order valence-corrected chi connectivity index (χ1v) is 9.91. The largest absolute Gasteiger partial charge is 0.383 e. The smallest absolute Gasteiger partial charge is 0.264 e. The number of benzene rings is 2. The van der Waals surface area contributed by atoms with Crippen molar-refractivity contribution in [2.24, 2.45) is 0 Å². The molecule has 1 aliphatic heterocycles. The summed E-state index contributed by atoms with van der Waals surface area (Å²) in [5.41, 5.74) is 11.3. The van der Waals surface area contributed by atoms with Crippen molar-refractivity contribution in [1.29, 1.82) is 0 Å². The van der Waals surface area contributed by atoms with Crippen molar-refractivity contribution in [2.75, 3.05) is 16.0 Å². The summed E-state index contributed by atoms with van der Waals surface area (Å²) in [7, 11) is 0. The number of aryl methyl sites for hydroxylation is 2. The van der Waals surface area contributed by atoms with Gasteiger partial charge in [-0.25, -0.2) is 0 Å². The molecule has 1 aromatic heterocycles. The summed E-state index contributed by atoms with van der Waals surface area (Å²) in [5, 5.41) is 3.13. The number of fused-ring (bicyclic) bond motifs is 1. The third-order valence-corrected chi connectivity index (χ3v) is 5.53. The molecule has 0 spiro atoms. The predicted molar refractivity (Wildman–Crippen MR) is 122 cm³/mol. The van der Waals surface area contributed by atoms with E-state index in [2.05, 4.69) is 28.3 Å². The number of nitrogens with two attached hydrogens (primary N) is 1. The molecule has 2 aromatic carbocycles. The number of aromatic nitrogens is 2. The van der Waals surface area contributed by atoms with Gasteiger partial charge < -0.3 is 16.0 Å². The molecule has 2 heterocycles. The van der Waals surface area contributed by atoms with E-state index in [1.165, 1.54) is 5.56 Å². The van der Waals surface area contributed by atoms with E-state index in [1.54, 1.807) is 0 Å². The van der Waals surface area contributed by atoms with Crippen LogP contribution in [0.5, 0.6) is 0 Å². The number of hydrogen-bond donors (Lipinski definition) is 3. The number of nitrogens with one attached hydrogen (secondary N) is 2. The third-order valence-electron chi connectivity index (χ3n) is 5.23. The molecule has 4 rings (SSSR count). The fourth-order valence-electron chi connectivity index (χ4n) is 3.84. The highest BCUT2D eigenvalue weighted by molar-refractivity contribution is 7.81.